The van der Waals surface area contributed by atoms with E-state index >= 15 is 0 Å². The van der Waals surface area contributed by atoms with Crippen LogP contribution in [0.25, 0.3) is 0 Å². The van der Waals surface area contributed by atoms with E-state index in [-0.39, 0.29) is 11.9 Å². The molecule has 0 saturated carbocycles. The van der Waals surface area contributed by atoms with Gasteiger partial charge in [-0.3, -0.25) is 0 Å². The van der Waals surface area contributed by atoms with Crippen LogP contribution in [0, 0.1) is 5.82 Å². The third-order valence-electron chi connectivity index (χ3n) is 2.92. The van der Waals surface area contributed by atoms with Gasteiger partial charge in [0.05, 0.1) is 10.5 Å². The maximum absolute atomic E-state index is 14.3. The highest BCUT2D eigenvalue weighted by Gasteiger charge is 2.20. The van der Waals surface area contributed by atoms with E-state index in [1.54, 1.807) is 6.07 Å². The van der Waals surface area contributed by atoms with Crippen molar-refractivity contribution < 1.29 is 4.39 Å². The third kappa shape index (κ3) is 3.25. The first-order valence-electron chi connectivity index (χ1n) is 6.06. The molecule has 1 atom stereocenters. The Morgan fingerprint density at radius 1 is 1.00 bits per heavy atom. The monoisotopic (exact) mass is 385 g/mol. The Morgan fingerprint density at radius 2 is 1.63 bits per heavy atom. The molecule has 4 heteroatoms. The van der Waals surface area contributed by atoms with Crippen molar-refractivity contribution in [3.8, 4) is 0 Å². The molecule has 0 aliphatic rings. The van der Waals surface area contributed by atoms with Crippen LogP contribution in [-0.2, 0) is 0 Å². The molecule has 1 nitrogen and oxygen atoms in total. The molecule has 2 aromatic carbocycles. The Morgan fingerprint density at radius 3 is 2.32 bits per heavy atom. The minimum Gasteiger partial charge on any atom is -0.306 e. The lowest BCUT2D eigenvalue weighted by Gasteiger charge is -2.21. The van der Waals surface area contributed by atoms with Crippen LogP contribution in [0.15, 0.2) is 51.4 Å². The van der Waals surface area contributed by atoms with Crippen molar-refractivity contribution in [3.63, 3.8) is 0 Å². The van der Waals surface area contributed by atoms with Gasteiger partial charge in [-0.1, -0.05) is 53.2 Å². The Hall–Kier alpha value is -0.710. The van der Waals surface area contributed by atoms with Crippen molar-refractivity contribution in [1.82, 2.24) is 5.32 Å². The summed E-state index contributed by atoms with van der Waals surface area (Å²) in [6, 6.07) is 13.1. The molecule has 0 aliphatic carbocycles. The highest BCUT2D eigenvalue weighted by Crippen LogP contribution is 2.32. The molecule has 0 aliphatic heterocycles. The van der Waals surface area contributed by atoms with Crippen molar-refractivity contribution in [2.75, 3.05) is 6.54 Å². The summed E-state index contributed by atoms with van der Waals surface area (Å²) in [4.78, 5) is 0. The fourth-order valence-electron chi connectivity index (χ4n) is 2.04. The zero-order chi connectivity index (χ0) is 13.8. The fraction of sp³-hybridized carbons (Fsp3) is 0.200. The molecule has 19 heavy (non-hydrogen) atoms. The van der Waals surface area contributed by atoms with E-state index in [0.717, 1.165) is 16.6 Å². The summed E-state index contributed by atoms with van der Waals surface area (Å²) in [6.45, 7) is 2.78. The zero-order valence-corrected chi connectivity index (χ0v) is 13.6. The van der Waals surface area contributed by atoms with Gasteiger partial charge in [0, 0.05) is 10.0 Å². The summed E-state index contributed by atoms with van der Waals surface area (Å²) < 4.78 is 15.7. The van der Waals surface area contributed by atoms with Gasteiger partial charge < -0.3 is 5.32 Å². The van der Waals surface area contributed by atoms with E-state index in [9.17, 15) is 4.39 Å². The molecule has 100 valence electrons. The first kappa shape index (κ1) is 14.7. The number of benzene rings is 2. The van der Waals surface area contributed by atoms with E-state index in [2.05, 4.69) is 37.2 Å². The maximum atomic E-state index is 14.3. The first-order valence-corrected chi connectivity index (χ1v) is 7.65. The molecule has 0 fully saturated rings. The molecule has 0 saturated heterocycles. The Labute approximate surface area is 129 Å². The van der Waals surface area contributed by atoms with Gasteiger partial charge in [0.2, 0.25) is 0 Å². The quantitative estimate of drug-likeness (QED) is 0.775. The lowest BCUT2D eigenvalue weighted by molar-refractivity contribution is 0.554. The topological polar surface area (TPSA) is 12.0 Å². The van der Waals surface area contributed by atoms with Crippen molar-refractivity contribution in [2.24, 2.45) is 0 Å². The summed E-state index contributed by atoms with van der Waals surface area (Å²) in [7, 11) is 0. The molecule has 2 rings (SSSR count). The molecule has 0 bridgehead atoms. The van der Waals surface area contributed by atoms with E-state index in [4.69, 9.17) is 0 Å². The predicted octanol–water partition coefficient (Wildman–Crippen LogP) is 5.05. The van der Waals surface area contributed by atoms with E-state index < -0.39 is 0 Å². The van der Waals surface area contributed by atoms with Gasteiger partial charge in [-0.15, -0.1) is 0 Å². The summed E-state index contributed by atoms with van der Waals surface area (Å²) in [6.07, 6.45) is 0. The van der Waals surface area contributed by atoms with Gasteiger partial charge in [0.25, 0.3) is 0 Å². The summed E-state index contributed by atoms with van der Waals surface area (Å²) in [5.74, 6) is -0.218. The van der Waals surface area contributed by atoms with Crippen LogP contribution in [0.2, 0.25) is 0 Å². The molecule has 0 heterocycles. The van der Waals surface area contributed by atoms with Crippen LogP contribution in [0.4, 0.5) is 4.39 Å². The van der Waals surface area contributed by atoms with Crippen molar-refractivity contribution >= 4 is 31.9 Å². The molecule has 2 aromatic rings. The van der Waals surface area contributed by atoms with Gasteiger partial charge in [-0.2, -0.15) is 0 Å². The number of hydrogen-bond acceptors (Lipinski definition) is 1. The molecule has 0 radical (unpaired) electrons. The summed E-state index contributed by atoms with van der Waals surface area (Å²) in [5.41, 5.74) is 1.67. The molecule has 0 spiro atoms. The normalized spacial score (nSPS) is 12.4. The molecular formula is C15H14Br2FN. The number of hydrogen-bond donors (Lipinski definition) is 1. The second kappa shape index (κ2) is 6.64. The average Bonchev–Trinajstić information content (AvgIpc) is 2.41. The van der Waals surface area contributed by atoms with Crippen molar-refractivity contribution in [3.05, 3.63) is 68.4 Å². The van der Waals surface area contributed by atoms with E-state index in [0.29, 0.717) is 10.0 Å². The SMILES string of the molecule is CCNC(c1ccccc1Br)c1cccc(Br)c1F. The Kier molecular flexibility index (Phi) is 5.13. The third-order valence-corrected chi connectivity index (χ3v) is 4.25. The van der Waals surface area contributed by atoms with Crippen LogP contribution >= 0.6 is 31.9 Å². The van der Waals surface area contributed by atoms with E-state index in [1.165, 1.54) is 0 Å². The van der Waals surface area contributed by atoms with Crippen molar-refractivity contribution in [2.45, 2.75) is 13.0 Å². The van der Waals surface area contributed by atoms with Gasteiger partial charge in [-0.25, -0.2) is 4.39 Å². The Balaban J connectivity index is 2.52. The van der Waals surface area contributed by atoms with Gasteiger partial charge in [-0.05, 0) is 40.2 Å². The van der Waals surface area contributed by atoms with Crippen LogP contribution in [0.1, 0.15) is 24.1 Å². The van der Waals surface area contributed by atoms with Crippen LogP contribution < -0.4 is 5.32 Å². The highest BCUT2D eigenvalue weighted by molar-refractivity contribution is 9.10. The maximum Gasteiger partial charge on any atom is 0.142 e. The largest absolute Gasteiger partial charge is 0.306 e. The lowest BCUT2D eigenvalue weighted by atomic mass is 9.98. The van der Waals surface area contributed by atoms with Crippen molar-refractivity contribution in [1.29, 1.82) is 0 Å². The standard InChI is InChI=1S/C15H14Br2FN/c1-2-19-15(10-6-3-4-8-12(10)16)11-7-5-9-13(17)14(11)18/h3-9,15,19H,2H2,1H3. The van der Waals surface area contributed by atoms with Gasteiger partial charge in [0.1, 0.15) is 5.82 Å². The second-order valence-corrected chi connectivity index (χ2v) is 5.86. The fourth-order valence-corrected chi connectivity index (χ4v) is 2.94. The molecular weight excluding hydrogens is 373 g/mol. The first-order chi connectivity index (χ1) is 9.15. The second-order valence-electron chi connectivity index (χ2n) is 4.16. The number of halogens is 3. The molecule has 1 unspecified atom stereocenters. The van der Waals surface area contributed by atoms with Crippen LogP contribution in [0.5, 0.6) is 0 Å². The molecule has 1 N–H and O–H groups in total. The van der Waals surface area contributed by atoms with Gasteiger partial charge in [0.15, 0.2) is 0 Å². The number of rotatable bonds is 4. The molecule has 0 amide bonds. The average molecular weight is 387 g/mol. The van der Waals surface area contributed by atoms with Crippen LogP contribution in [0.3, 0.4) is 0 Å². The highest BCUT2D eigenvalue weighted by atomic mass is 79.9. The smallest absolute Gasteiger partial charge is 0.142 e. The predicted molar refractivity (Wildman–Crippen MR) is 83.8 cm³/mol. The zero-order valence-electron chi connectivity index (χ0n) is 10.5. The minimum absolute atomic E-state index is 0.168. The number of nitrogens with one attached hydrogen (secondary N) is 1. The lowest BCUT2D eigenvalue weighted by Crippen LogP contribution is -2.23. The van der Waals surface area contributed by atoms with Crippen LogP contribution in [-0.4, -0.2) is 6.54 Å². The Bertz CT molecular complexity index is 572. The summed E-state index contributed by atoms with van der Waals surface area (Å²) >= 11 is 6.78. The molecule has 0 aromatic heterocycles. The van der Waals surface area contributed by atoms with E-state index in [1.807, 2.05) is 43.3 Å². The van der Waals surface area contributed by atoms with Gasteiger partial charge >= 0.3 is 0 Å². The summed E-state index contributed by atoms with van der Waals surface area (Å²) in [5, 5.41) is 3.33. The minimum atomic E-state index is -0.218.